The summed E-state index contributed by atoms with van der Waals surface area (Å²) in [5.41, 5.74) is 0.706. The van der Waals surface area contributed by atoms with Crippen LogP contribution in [-0.4, -0.2) is 35.0 Å². The molecule has 1 fully saturated rings. The Kier molecular flexibility index (Phi) is 4.19. The minimum atomic E-state index is -0.861. The van der Waals surface area contributed by atoms with Gasteiger partial charge in [0.05, 0.1) is 16.8 Å². The van der Waals surface area contributed by atoms with Crippen LogP contribution in [0, 0.1) is 11.7 Å². The van der Waals surface area contributed by atoms with E-state index in [-0.39, 0.29) is 24.7 Å². The number of nitrogens with zero attached hydrogens (tertiary/aromatic N) is 1. The fourth-order valence-corrected chi connectivity index (χ4v) is 2.55. The summed E-state index contributed by atoms with van der Waals surface area (Å²) in [7, 11) is 0. The minimum Gasteiger partial charge on any atom is -0.481 e. The molecule has 6 heteroatoms. The Hall–Kier alpha value is -1.43. The number of aliphatic carboxylic acids is 1. The maximum absolute atomic E-state index is 13.1. The van der Waals surface area contributed by atoms with Crippen LogP contribution in [0.25, 0.3) is 0 Å². The van der Waals surface area contributed by atoms with E-state index in [0.29, 0.717) is 23.0 Å². The lowest BCUT2D eigenvalue weighted by Crippen LogP contribution is -2.31. The predicted octanol–water partition coefficient (Wildman–Crippen LogP) is 2.06. The monoisotopic (exact) mass is 329 g/mol. The molecule has 1 aromatic carbocycles. The van der Waals surface area contributed by atoms with Crippen LogP contribution in [0.4, 0.5) is 4.39 Å². The Bertz CT molecular complexity index is 521. The molecule has 1 amide bonds. The van der Waals surface area contributed by atoms with Gasteiger partial charge in [0.25, 0.3) is 0 Å². The van der Waals surface area contributed by atoms with Crippen molar-refractivity contribution in [3.8, 4) is 0 Å². The zero-order valence-corrected chi connectivity index (χ0v) is 11.7. The second-order valence-corrected chi connectivity index (χ2v) is 5.44. The third-order valence-electron chi connectivity index (χ3n) is 3.23. The van der Waals surface area contributed by atoms with E-state index in [4.69, 9.17) is 5.11 Å². The summed E-state index contributed by atoms with van der Waals surface area (Å²) in [6.07, 6.45) is 0.652. The smallest absolute Gasteiger partial charge is 0.308 e. The number of carboxylic acid groups (broad SMARTS) is 1. The molecule has 4 nitrogen and oxygen atoms in total. The summed E-state index contributed by atoms with van der Waals surface area (Å²) >= 11 is 3.07. The van der Waals surface area contributed by atoms with Crippen LogP contribution >= 0.6 is 15.9 Å². The molecule has 0 aliphatic carbocycles. The Morgan fingerprint density at radius 3 is 2.79 bits per heavy atom. The van der Waals surface area contributed by atoms with Gasteiger partial charge in [-0.15, -0.1) is 0 Å². The van der Waals surface area contributed by atoms with Crippen molar-refractivity contribution in [2.45, 2.75) is 12.8 Å². The summed E-state index contributed by atoms with van der Waals surface area (Å²) in [5, 5.41) is 8.88. The number of rotatable bonds is 3. The summed E-state index contributed by atoms with van der Waals surface area (Å²) in [4.78, 5) is 24.4. The number of carbonyl (C=O) groups is 2. The van der Waals surface area contributed by atoms with E-state index >= 15 is 0 Å². The molecule has 1 atom stereocenters. The Morgan fingerprint density at radius 1 is 1.47 bits per heavy atom. The molecule has 1 saturated heterocycles. The standard InChI is InChI=1S/C13H13BrFNO3/c14-10-5-8(1-2-11(10)15)6-12(17)16-4-3-9(7-16)13(18)19/h1-2,5,9H,3-4,6-7H2,(H,18,19)/t9-/m1/s1. The van der Waals surface area contributed by atoms with E-state index < -0.39 is 11.9 Å². The maximum Gasteiger partial charge on any atom is 0.308 e. The molecule has 0 unspecified atom stereocenters. The van der Waals surface area contributed by atoms with Gasteiger partial charge in [-0.3, -0.25) is 9.59 Å². The van der Waals surface area contributed by atoms with Gasteiger partial charge in [0.15, 0.2) is 0 Å². The molecular weight excluding hydrogens is 317 g/mol. The van der Waals surface area contributed by atoms with Crippen molar-refractivity contribution in [1.29, 1.82) is 0 Å². The van der Waals surface area contributed by atoms with Crippen molar-refractivity contribution in [3.05, 3.63) is 34.1 Å². The largest absolute Gasteiger partial charge is 0.481 e. The van der Waals surface area contributed by atoms with Crippen molar-refractivity contribution in [3.63, 3.8) is 0 Å². The highest BCUT2D eigenvalue weighted by molar-refractivity contribution is 9.10. The first-order valence-electron chi connectivity index (χ1n) is 5.92. The fraction of sp³-hybridized carbons (Fsp3) is 0.385. The van der Waals surface area contributed by atoms with E-state index in [2.05, 4.69) is 15.9 Å². The molecule has 1 aliphatic heterocycles. The lowest BCUT2D eigenvalue weighted by atomic mass is 10.1. The predicted molar refractivity (Wildman–Crippen MR) is 70.1 cm³/mol. The second kappa shape index (κ2) is 5.69. The number of carboxylic acids is 1. The molecule has 0 radical (unpaired) electrons. The molecule has 102 valence electrons. The van der Waals surface area contributed by atoms with Gasteiger partial charge in [-0.05, 0) is 40.0 Å². The van der Waals surface area contributed by atoms with E-state index in [1.807, 2.05) is 0 Å². The third-order valence-corrected chi connectivity index (χ3v) is 3.84. The SMILES string of the molecule is O=C(O)[C@@H]1CCN(C(=O)Cc2ccc(F)c(Br)c2)C1. The first kappa shape index (κ1) is 14.0. The highest BCUT2D eigenvalue weighted by Gasteiger charge is 2.30. The first-order chi connectivity index (χ1) is 8.97. The number of hydrogen-bond donors (Lipinski definition) is 1. The Balaban J connectivity index is 1.98. The average Bonchev–Trinajstić information content (AvgIpc) is 2.83. The van der Waals surface area contributed by atoms with E-state index in [1.165, 1.54) is 6.07 Å². The van der Waals surface area contributed by atoms with Crippen LogP contribution in [0.3, 0.4) is 0 Å². The molecule has 1 N–H and O–H groups in total. The number of carbonyl (C=O) groups excluding carboxylic acids is 1. The van der Waals surface area contributed by atoms with Gasteiger partial charge in [-0.25, -0.2) is 4.39 Å². The van der Waals surface area contributed by atoms with Crippen molar-refractivity contribution < 1.29 is 19.1 Å². The van der Waals surface area contributed by atoms with Crippen LogP contribution in [-0.2, 0) is 16.0 Å². The number of halogens is 2. The molecule has 0 bridgehead atoms. The van der Waals surface area contributed by atoms with Crippen LogP contribution < -0.4 is 0 Å². The zero-order valence-electron chi connectivity index (χ0n) is 10.1. The van der Waals surface area contributed by atoms with Crippen molar-refractivity contribution in [1.82, 2.24) is 4.90 Å². The Labute approximate surface area is 118 Å². The second-order valence-electron chi connectivity index (χ2n) is 4.59. The number of amides is 1. The lowest BCUT2D eigenvalue weighted by molar-refractivity contribution is -0.141. The normalized spacial score (nSPS) is 18.6. The molecule has 1 aromatic rings. The van der Waals surface area contributed by atoms with Crippen molar-refractivity contribution in [2.75, 3.05) is 13.1 Å². The fourth-order valence-electron chi connectivity index (χ4n) is 2.12. The van der Waals surface area contributed by atoms with Crippen LogP contribution in [0.5, 0.6) is 0 Å². The topological polar surface area (TPSA) is 57.6 Å². The molecule has 1 aliphatic rings. The summed E-state index contributed by atoms with van der Waals surface area (Å²) in [6.45, 7) is 0.731. The number of likely N-dealkylation sites (tertiary alicyclic amines) is 1. The highest BCUT2D eigenvalue weighted by Crippen LogP contribution is 2.20. The maximum atomic E-state index is 13.1. The van der Waals surface area contributed by atoms with Gasteiger partial charge in [-0.2, -0.15) is 0 Å². The molecule has 0 aromatic heterocycles. The average molecular weight is 330 g/mol. The third kappa shape index (κ3) is 3.32. The van der Waals surface area contributed by atoms with Gasteiger partial charge in [-0.1, -0.05) is 6.07 Å². The molecule has 19 heavy (non-hydrogen) atoms. The quantitative estimate of drug-likeness (QED) is 0.923. The summed E-state index contributed by atoms with van der Waals surface area (Å²) in [6, 6.07) is 4.43. The summed E-state index contributed by atoms with van der Waals surface area (Å²) < 4.78 is 13.4. The highest BCUT2D eigenvalue weighted by atomic mass is 79.9. The first-order valence-corrected chi connectivity index (χ1v) is 6.71. The zero-order chi connectivity index (χ0) is 14.0. The van der Waals surface area contributed by atoms with Gasteiger partial charge in [0.1, 0.15) is 5.82 Å². The number of benzene rings is 1. The molecular formula is C13H13BrFNO3. The lowest BCUT2D eigenvalue weighted by Gasteiger charge is -2.15. The van der Waals surface area contributed by atoms with Crippen LogP contribution in [0.2, 0.25) is 0 Å². The molecule has 0 spiro atoms. The van der Waals surface area contributed by atoms with Gasteiger partial charge in [0.2, 0.25) is 5.91 Å². The minimum absolute atomic E-state index is 0.123. The van der Waals surface area contributed by atoms with Crippen LogP contribution in [0.1, 0.15) is 12.0 Å². The molecule has 1 heterocycles. The van der Waals surface area contributed by atoms with Crippen LogP contribution in [0.15, 0.2) is 22.7 Å². The van der Waals surface area contributed by atoms with Gasteiger partial charge >= 0.3 is 5.97 Å². The molecule has 0 saturated carbocycles. The van der Waals surface area contributed by atoms with E-state index in [0.717, 1.165) is 0 Å². The molecule has 2 rings (SSSR count). The van der Waals surface area contributed by atoms with Gasteiger partial charge < -0.3 is 10.0 Å². The van der Waals surface area contributed by atoms with Crippen molar-refractivity contribution in [2.24, 2.45) is 5.92 Å². The Morgan fingerprint density at radius 2 is 2.21 bits per heavy atom. The number of hydrogen-bond acceptors (Lipinski definition) is 2. The van der Waals surface area contributed by atoms with Crippen molar-refractivity contribution >= 4 is 27.8 Å². The summed E-state index contributed by atoms with van der Waals surface area (Å²) in [5.74, 6) is -1.82. The van der Waals surface area contributed by atoms with E-state index in [9.17, 15) is 14.0 Å². The van der Waals surface area contributed by atoms with Gasteiger partial charge in [0, 0.05) is 13.1 Å². The van der Waals surface area contributed by atoms with E-state index in [1.54, 1.807) is 17.0 Å².